The lowest BCUT2D eigenvalue weighted by Gasteiger charge is -2.11. The highest BCUT2D eigenvalue weighted by molar-refractivity contribution is 7.92. The Morgan fingerprint density at radius 2 is 1.75 bits per heavy atom. The molecule has 0 fully saturated rings. The molecule has 3 aromatic rings. The van der Waals surface area contributed by atoms with Crippen LogP contribution in [0.3, 0.4) is 0 Å². The summed E-state index contributed by atoms with van der Waals surface area (Å²) in [4.78, 5) is 24.3. The van der Waals surface area contributed by atoms with E-state index in [1.165, 1.54) is 21.3 Å². The van der Waals surface area contributed by atoms with Gasteiger partial charge in [-0.05, 0) is 37.3 Å². The monoisotopic (exact) mass is 403 g/mol. The van der Waals surface area contributed by atoms with Gasteiger partial charge in [0.25, 0.3) is 0 Å². The zero-order valence-electron chi connectivity index (χ0n) is 15.8. The number of nitrogens with zero attached hydrogens (tertiary/aromatic N) is 2. The third-order valence-electron chi connectivity index (χ3n) is 4.38. The fourth-order valence-corrected chi connectivity index (χ4v) is 4.12. The molecule has 0 aliphatic rings. The first-order valence-electron chi connectivity index (χ1n) is 8.64. The largest absolute Gasteiger partial charge is 0.492 e. The summed E-state index contributed by atoms with van der Waals surface area (Å²) in [7, 11) is -0.713. The molecule has 0 unspecified atom stereocenters. The summed E-state index contributed by atoms with van der Waals surface area (Å²) in [5.41, 5.74) is 1.25. The maximum Gasteiger partial charge on any atom is 0.328 e. The second-order valence-corrected chi connectivity index (χ2v) is 8.28. The molecule has 0 saturated heterocycles. The van der Waals surface area contributed by atoms with Gasteiger partial charge in [0, 0.05) is 14.1 Å². The molecule has 28 heavy (non-hydrogen) atoms. The molecule has 0 aliphatic carbocycles. The number of carbonyl (C=O) groups excluding carboxylic acids is 1. The van der Waals surface area contributed by atoms with Crippen LogP contribution in [0, 0.1) is 0 Å². The van der Waals surface area contributed by atoms with Crippen molar-refractivity contribution in [3.05, 3.63) is 52.9 Å². The van der Waals surface area contributed by atoms with Crippen LogP contribution in [0.25, 0.3) is 11.0 Å². The van der Waals surface area contributed by atoms with Gasteiger partial charge in [-0.2, -0.15) is 0 Å². The predicted octanol–water partition coefficient (Wildman–Crippen LogP) is 1.69. The Kier molecular flexibility index (Phi) is 5.28. The number of aryl methyl sites for hydroxylation is 2. The summed E-state index contributed by atoms with van der Waals surface area (Å²) < 4.78 is 33.6. The lowest BCUT2D eigenvalue weighted by molar-refractivity contribution is -0.113. The van der Waals surface area contributed by atoms with Crippen molar-refractivity contribution in [1.82, 2.24) is 9.13 Å². The van der Waals surface area contributed by atoms with Gasteiger partial charge in [0.1, 0.15) is 11.5 Å². The van der Waals surface area contributed by atoms with Crippen molar-refractivity contribution in [2.75, 3.05) is 17.7 Å². The highest BCUT2D eigenvalue weighted by Gasteiger charge is 2.22. The van der Waals surface area contributed by atoms with Crippen molar-refractivity contribution >= 4 is 32.5 Å². The number of amides is 1. The van der Waals surface area contributed by atoms with Crippen molar-refractivity contribution in [3.8, 4) is 5.75 Å². The Morgan fingerprint density at radius 3 is 2.46 bits per heavy atom. The van der Waals surface area contributed by atoms with E-state index in [0.29, 0.717) is 29.1 Å². The van der Waals surface area contributed by atoms with E-state index in [1.54, 1.807) is 44.4 Å². The van der Waals surface area contributed by atoms with Crippen molar-refractivity contribution in [1.29, 1.82) is 0 Å². The summed E-state index contributed by atoms with van der Waals surface area (Å²) in [6.45, 7) is 2.23. The maximum absolute atomic E-state index is 12.7. The van der Waals surface area contributed by atoms with E-state index in [9.17, 15) is 18.0 Å². The van der Waals surface area contributed by atoms with Crippen molar-refractivity contribution < 1.29 is 17.9 Å². The molecule has 1 amide bonds. The summed E-state index contributed by atoms with van der Waals surface area (Å²) in [6, 6.07) is 11.2. The second kappa shape index (κ2) is 7.51. The molecule has 0 bridgehead atoms. The molecule has 1 aromatic heterocycles. The van der Waals surface area contributed by atoms with Crippen LogP contribution < -0.4 is 15.7 Å². The average Bonchev–Trinajstić information content (AvgIpc) is 2.87. The molecule has 148 valence electrons. The van der Waals surface area contributed by atoms with E-state index in [2.05, 4.69) is 5.32 Å². The lowest BCUT2D eigenvalue weighted by Crippen LogP contribution is -2.23. The van der Waals surface area contributed by atoms with Gasteiger partial charge in [0.15, 0.2) is 9.84 Å². The van der Waals surface area contributed by atoms with Crippen LogP contribution in [-0.2, 0) is 28.7 Å². The predicted molar refractivity (Wildman–Crippen MR) is 106 cm³/mol. The number of imidazole rings is 1. The highest BCUT2D eigenvalue weighted by Crippen LogP contribution is 2.24. The minimum Gasteiger partial charge on any atom is -0.492 e. The number of hydrogen-bond donors (Lipinski definition) is 1. The van der Waals surface area contributed by atoms with Crippen LogP contribution in [0.1, 0.15) is 6.92 Å². The highest BCUT2D eigenvalue weighted by atomic mass is 32.2. The molecular formula is C19H21N3O5S. The Morgan fingerprint density at radius 1 is 1.07 bits per heavy atom. The van der Waals surface area contributed by atoms with Crippen molar-refractivity contribution in [2.45, 2.75) is 11.8 Å². The van der Waals surface area contributed by atoms with E-state index in [1.807, 2.05) is 6.92 Å². The maximum atomic E-state index is 12.7. The van der Waals surface area contributed by atoms with E-state index in [0.717, 1.165) is 0 Å². The Hall–Kier alpha value is -3.07. The molecule has 8 nitrogen and oxygen atoms in total. The molecule has 0 spiro atoms. The standard InChI is InChI=1S/C19H21N3O5S/c1-4-27-17-8-6-5-7-14(17)20-18(23)12-28(25,26)13-9-10-15-16(11-13)22(3)19(24)21(15)2/h5-11H,4,12H2,1-3H3,(H,20,23). The number of anilines is 1. The Labute approximate surface area is 162 Å². The van der Waals surface area contributed by atoms with Gasteiger partial charge in [-0.25, -0.2) is 13.2 Å². The lowest BCUT2D eigenvalue weighted by atomic mass is 10.3. The molecule has 1 heterocycles. The van der Waals surface area contributed by atoms with Gasteiger partial charge in [0.05, 0.1) is 28.2 Å². The first-order valence-corrected chi connectivity index (χ1v) is 10.3. The number of benzene rings is 2. The van der Waals surface area contributed by atoms with E-state index in [4.69, 9.17) is 4.74 Å². The van der Waals surface area contributed by atoms with Crippen LogP contribution in [0.2, 0.25) is 0 Å². The van der Waals surface area contributed by atoms with Crippen LogP contribution in [0.15, 0.2) is 52.2 Å². The molecular weight excluding hydrogens is 382 g/mol. The average molecular weight is 403 g/mol. The van der Waals surface area contributed by atoms with Gasteiger partial charge >= 0.3 is 5.69 Å². The van der Waals surface area contributed by atoms with Crippen molar-refractivity contribution in [3.63, 3.8) is 0 Å². The van der Waals surface area contributed by atoms with E-state index < -0.39 is 21.5 Å². The van der Waals surface area contributed by atoms with Gasteiger partial charge < -0.3 is 10.1 Å². The third kappa shape index (κ3) is 3.65. The van der Waals surface area contributed by atoms with Crippen LogP contribution in [0.4, 0.5) is 5.69 Å². The smallest absolute Gasteiger partial charge is 0.328 e. The Balaban J connectivity index is 1.86. The second-order valence-electron chi connectivity index (χ2n) is 6.29. The molecule has 0 atom stereocenters. The summed E-state index contributed by atoms with van der Waals surface area (Å²) in [6.07, 6.45) is 0. The topological polar surface area (TPSA) is 99.4 Å². The minimum atomic E-state index is -3.89. The van der Waals surface area contributed by atoms with Crippen molar-refractivity contribution in [2.24, 2.45) is 14.1 Å². The van der Waals surface area contributed by atoms with E-state index in [-0.39, 0.29) is 10.6 Å². The van der Waals surface area contributed by atoms with Crippen LogP contribution in [-0.4, -0.2) is 35.8 Å². The number of ether oxygens (including phenoxy) is 1. The number of fused-ring (bicyclic) bond motifs is 1. The minimum absolute atomic E-state index is 0.0190. The quantitative estimate of drug-likeness (QED) is 0.675. The number of sulfone groups is 1. The third-order valence-corrected chi connectivity index (χ3v) is 6.00. The Bertz CT molecular complexity index is 1210. The number of aromatic nitrogens is 2. The SMILES string of the molecule is CCOc1ccccc1NC(=O)CS(=O)(=O)c1ccc2c(c1)n(C)c(=O)n2C. The number of para-hydroxylation sites is 2. The molecule has 9 heteroatoms. The van der Waals surface area contributed by atoms with Crippen LogP contribution >= 0.6 is 0 Å². The zero-order valence-corrected chi connectivity index (χ0v) is 16.6. The molecule has 1 N–H and O–H groups in total. The van der Waals surface area contributed by atoms with Gasteiger partial charge in [-0.3, -0.25) is 13.9 Å². The fraction of sp³-hybridized carbons (Fsp3) is 0.263. The zero-order chi connectivity index (χ0) is 20.5. The molecule has 0 saturated carbocycles. The first kappa shape index (κ1) is 19.7. The summed E-state index contributed by atoms with van der Waals surface area (Å²) in [5, 5.41) is 2.58. The molecule has 0 radical (unpaired) electrons. The number of nitrogens with one attached hydrogen (secondary N) is 1. The van der Waals surface area contributed by atoms with Crippen LogP contribution in [0.5, 0.6) is 5.75 Å². The normalized spacial score (nSPS) is 11.5. The first-order chi connectivity index (χ1) is 13.2. The number of carbonyl (C=O) groups is 1. The molecule has 0 aliphatic heterocycles. The number of hydrogen-bond acceptors (Lipinski definition) is 5. The van der Waals surface area contributed by atoms with Gasteiger partial charge in [0.2, 0.25) is 5.91 Å². The molecule has 2 aromatic carbocycles. The number of rotatable bonds is 6. The fourth-order valence-electron chi connectivity index (χ4n) is 2.97. The van der Waals surface area contributed by atoms with Gasteiger partial charge in [-0.15, -0.1) is 0 Å². The van der Waals surface area contributed by atoms with Gasteiger partial charge in [-0.1, -0.05) is 12.1 Å². The summed E-state index contributed by atoms with van der Waals surface area (Å²) in [5.74, 6) is -0.926. The summed E-state index contributed by atoms with van der Waals surface area (Å²) >= 11 is 0. The van der Waals surface area contributed by atoms with E-state index >= 15 is 0 Å². The molecule has 3 rings (SSSR count).